The van der Waals surface area contributed by atoms with E-state index in [9.17, 15) is 22.4 Å². The predicted octanol–water partition coefficient (Wildman–Crippen LogP) is 3.78. The molecule has 1 aromatic heterocycles. The van der Waals surface area contributed by atoms with Gasteiger partial charge in [0.25, 0.3) is 15.9 Å². The Kier molecular flexibility index (Phi) is 7.06. The van der Waals surface area contributed by atoms with E-state index >= 15 is 0 Å². The van der Waals surface area contributed by atoms with Gasteiger partial charge in [-0.25, -0.2) is 22.6 Å². The lowest BCUT2D eigenvalue weighted by Gasteiger charge is -2.13. The lowest BCUT2D eigenvalue weighted by atomic mass is 10.2. The van der Waals surface area contributed by atoms with Crippen molar-refractivity contribution >= 4 is 45.0 Å². The van der Waals surface area contributed by atoms with Gasteiger partial charge in [0.1, 0.15) is 11.6 Å². The molecule has 2 N–H and O–H groups in total. The molecule has 0 unspecified atom stereocenters. The second-order valence-corrected chi connectivity index (χ2v) is 8.63. The second kappa shape index (κ2) is 9.75. The molecule has 0 saturated carbocycles. The van der Waals surface area contributed by atoms with Gasteiger partial charge in [-0.1, -0.05) is 23.7 Å². The largest absolute Gasteiger partial charge is 0.452 e. The van der Waals surface area contributed by atoms with Gasteiger partial charge in [-0.3, -0.25) is 9.52 Å². The molecule has 166 valence electrons. The van der Waals surface area contributed by atoms with E-state index in [-0.39, 0.29) is 27.5 Å². The lowest BCUT2D eigenvalue weighted by Crippen LogP contribution is -2.22. The van der Waals surface area contributed by atoms with Crippen LogP contribution >= 0.6 is 11.6 Å². The molecule has 0 saturated heterocycles. The van der Waals surface area contributed by atoms with Crippen LogP contribution in [0.2, 0.25) is 5.02 Å². The van der Waals surface area contributed by atoms with Crippen LogP contribution in [0.15, 0.2) is 65.7 Å². The van der Waals surface area contributed by atoms with E-state index in [0.29, 0.717) is 5.02 Å². The molecule has 3 aromatic rings. The maximum Gasteiger partial charge on any atom is 0.340 e. The highest BCUT2D eigenvalue weighted by molar-refractivity contribution is 7.92. The van der Waals surface area contributed by atoms with Crippen molar-refractivity contribution in [1.82, 2.24) is 4.98 Å². The van der Waals surface area contributed by atoms with E-state index in [0.717, 1.165) is 18.2 Å². The van der Waals surface area contributed by atoms with Gasteiger partial charge in [-0.05, 0) is 55.0 Å². The average Bonchev–Trinajstić information content (AvgIpc) is 2.73. The van der Waals surface area contributed by atoms with Crippen LogP contribution in [0.25, 0.3) is 0 Å². The Bertz CT molecular complexity index is 1270. The molecule has 8 nitrogen and oxygen atoms in total. The zero-order chi connectivity index (χ0) is 23.3. The predicted molar refractivity (Wildman–Crippen MR) is 117 cm³/mol. The minimum absolute atomic E-state index is 0.0546. The summed E-state index contributed by atoms with van der Waals surface area (Å²) in [6.45, 7) is 0.827. The number of nitrogens with one attached hydrogen (secondary N) is 2. The number of esters is 1. The Labute approximate surface area is 188 Å². The number of para-hydroxylation sites is 1. The number of hydrogen-bond acceptors (Lipinski definition) is 6. The smallest absolute Gasteiger partial charge is 0.340 e. The van der Waals surface area contributed by atoms with Gasteiger partial charge in [-0.2, -0.15) is 0 Å². The van der Waals surface area contributed by atoms with Crippen LogP contribution in [0.3, 0.4) is 0 Å². The number of sulfonamides is 1. The molecular formula is C21H17ClFN3O5S. The van der Waals surface area contributed by atoms with Gasteiger partial charge in [0.15, 0.2) is 6.61 Å². The van der Waals surface area contributed by atoms with E-state index < -0.39 is 34.3 Å². The molecule has 2 aromatic carbocycles. The molecule has 0 radical (unpaired) electrons. The summed E-state index contributed by atoms with van der Waals surface area (Å²) in [6.07, 6.45) is 1.34. The SMILES string of the molecule is Cc1cc(F)ccc1S(=O)(=O)Nc1ccccc1C(=O)OCC(=O)Nc1ccc(Cl)cn1. The average molecular weight is 478 g/mol. The number of carbonyl (C=O) groups is 2. The molecule has 32 heavy (non-hydrogen) atoms. The number of aryl methyl sites for hydroxylation is 1. The third-order valence-electron chi connectivity index (χ3n) is 4.15. The maximum absolute atomic E-state index is 13.3. The first kappa shape index (κ1) is 23.2. The summed E-state index contributed by atoms with van der Waals surface area (Å²) in [5, 5.41) is 2.83. The molecule has 1 amide bonds. The Balaban J connectivity index is 1.70. The number of anilines is 2. The Morgan fingerprint density at radius 2 is 1.88 bits per heavy atom. The van der Waals surface area contributed by atoms with Crippen LogP contribution in [0.5, 0.6) is 0 Å². The summed E-state index contributed by atoms with van der Waals surface area (Å²) in [4.78, 5) is 28.2. The second-order valence-electron chi connectivity index (χ2n) is 6.55. The molecule has 3 rings (SSSR count). The Morgan fingerprint density at radius 3 is 2.56 bits per heavy atom. The van der Waals surface area contributed by atoms with Gasteiger partial charge < -0.3 is 10.1 Å². The van der Waals surface area contributed by atoms with Crippen LogP contribution in [0.1, 0.15) is 15.9 Å². The van der Waals surface area contributed by atoms with Gasteiger partial charge in [0.2, 0.25) is 0 Å². The minimum atomic E-state index is -4.12. The molecule has 0 spiro atoms. The van der Waals surface area contributed by atoms with Crippen molar-refractivity contribution in [2.45, 2.75) is 11.8 Å². The van der Waals surface area contributed by atoms with Gasteiger partial charge >= 0.3 is 5.97 Å². The van der Waals surface area contributed by atoms with Crippen molar-refractivity contribution in [2.75, 3.05) is 16.6 Å². The number of hydrogen-bond donors (Lipinski definition) is 2. The fourth-order valence-corrected chi connectivity index (χ4v) is 4.12. The first-order valence-corrected chi connectivity index (χ1v) is 11.0. The standard InChI is InChI=1S/C21H17ClFN3O5S/c1-13-10-15(23)7-8-18(13)32(29,30)26-17-5-3-2-4-16(17)21(28)31-12-20(27)25-19-9-6-14(22)11-24-19/h2-11,26H,12H2,1H3,(H,24,25,27). The third kappa shape index (κ3) is 5.80. The molecule has 11 heteroatoms. The Morgan fingerprint density at radius 1 is 1.12 bits per heavy atom. The number of aromatic nitrogens is 1. The van der Waals surface area contributed by atoms with Crippen molar-refractivity contribution in [2.24, 2.45) is 0 Å². The zero-order valence-corrected chi connectivity index (χ0v) is 18.2. The molecular weight excluding hydrogens is 461 g/mol. The summed E-state index contributed by atoms with van der Waals surface area (Å²) < 4.78 is 46.1. The number of pyridine rings is 1. The molecule has 0 bridgehead atoms. The van der Waals surface area contributed by atoms with E-state index in [1.54, 1.807) is 0 Å². The number of halogens is 2. The van der Waals surface area contributed by atoms with Crippen LogP contribution in [0.4, 0.5) is 15.9 Å². The first-order valence-electron chi connectivity index (χ1n) is 9.12. The summed E-state index contributed by atoms with van der Waals surface area (Å²) >= 11 is 5.72. The van der Waals surface area contributed by atoms with Crippen molar-refractivity contribution in [3.63, 3.8) is 0 Å². The van der Waals surface area contributed by atoms with E-state index in [4.69, 9.17) is 16.3 Å². The topological polar surface area (TPSA) is 114 Å². The number of benzene rings is 2. The quantitative estimate of drug-likeness (QED) is 0.500. The highest BCUT2D eigenvalue weighted by Gasteiger charge is 2.21. The summed E-state index contributed by atoms with van der Waals surface area (Å²) in [6, 6.07) is 12.0. The molecule has 0 fully saturated rings. The molecule has 0 atom stereocenters. The van der Waals surface area contributed by atoms with Gasteiger partial charge in [0, 0.05) is 6.20 Å². The first-order chi connectivity index (χ1) is 15.2. The molecule has 0 aliphatic carbocycles. The van der Waals surface area contributed by atoms with Crippen LogP contribution < -0.4 is 10.0 Å². The molecule has 0 aliphatic rings. The van der Waals surface area contributed by atoms with E-state index in [1.165, 1.54) is 49.5 Å². The van der Waals surface area contributed by atoms with Crippen LogP contribution in [-0.4, -0.2) is 31.9 Å². The lowest BCUT2D eigenvalue weighted by molar-refractivity contribution is -0.119. The van der Waals surface area contributed by atoms with Crippen molar-refractivity contribution in [1.29, 1.82) is 0 Å². The highest BCUT2D eigenvalue weighted by atomic mass is 35.5. The number of rotatable bonds is 7. The molecule has 1 heterocycles. The summed E-state index contributed by atoms with van der Waals surface area (Å²) in [7, 11) is -4.12. The van der Waals surface area contributed by atoms with Gasteiger partial charge in [-0.15, -0.1) is 0 Å². The van der Waals surface area contributed by atoms with E-state index in [1.807, 2.05) is 0 Å². The maximum atomic E-state index is 13.3. The fraction of sp³-hybridized carbons (Fsp3) is 0.0952. The number of ether oxygens (including phenoxy) is 1. The number of amides is 1. The van der Waals surface area contributed by atoms with Crippen LogP contribution in [0, 0.1) is 12.7 Å². The normalized spacial score (nSPS) is 11.0. The number of carbonyl (C=O) groups excluding carboxylic acids is 2. The van der Waals surface area contributed by atoms with E-state index in [2.05, 4.69) is 15.0 Å². The zero-order valence-electron chi connectivity index (χ0n) is 16.6. The number of nitrogens with zero attached hydrogens (tertiary/aromatic N) is 1. The minimum Gasteiger partial charge on any atom is -0.452 e. The van der Waals surface area contributed by atoms with Crippen molar-refractivity contribution in [3.8, 4) is 0 Å². The Hall–Kier alpha value is -3.50. The molecule has 0 aliphatic heterocycles. The summed E-state index contributed by atoms with van der Waals surface area (Å²) in [5.74, 6) is -1.91. The highest BCUT2D eigenvalue weighted by Crippen LogP contribution is 2.23. The van der Waals surface area contributed by atoms with Gasteiger partial charge in [0.05, 0.1) is 21.2 Å². The third-order valence-corrected chi connectivity index (χ3v) is 5.90. The monoisotopic (exact) mass is 477 g/mol. The summed E-state index contributed by atoms with van der Waals surface area (Å²) in [5.41, 5.74) is 0.0410. The fourth-order valence-electron chi connectivity index (χ4n) is 2.70. The van der Waals surface area contributed by atoms with Crippen molar-refractivity contribution in [3.05, 3.63) is 82.8 Å². The van der Waals surface area contributed by atoms with Crippen LogP contribution in [-0.2, 0) is 19.6 Å². The van der Waals surface area contributed by atoms with Crippen molar-refractivity contribution < 1.29 is 27.1 Å².